The van der Waals surface area contributed by atoms with E-state index in [4.69, 9.17) is 5.11 Å². The lowest BCUT2D eigenvalue weighted by molar-refractivity contribution is 0.157. The summed E-state index contributed by atoms with van der Waals surface area (Å²) in [6.45, 7) is 6.02. The molecular formula is C13H26N2O. The van der Waals surface area contributed by atoms with Crippen molar-refractivity contribution in [3.05, 3.63) is 0 Å². The Bertz CT molecular complexity index is 202. The van der Waals surface area contributed by atoms with Crippen molar-refractivity contribution >= 4 is 0 Å². The maximum absolute atomic E-state index is 9.16. The number of aliphatic hydroxyl groups is 1. The van der Waals surface area contributed by atoms with Gasteiger partial charge in [-0.2, -0.15) is 0 Å². The van der Waals surface area contributed by atoms with Gasteiger partial charge in [-0.15, -0.1) is 0 Å². The molecule has 1 unspecified atom stereocenters. The minimum Gasteiger partial charge on any atom is -0.396 e. The first-order valence-corrected chi connectivity index (χ1v) is 6.91. The third-order valence-corrected chi connectivity index (χ3v) is 4.28. The Morgan fingerprint density at radius 1 is 1.19 bits per heavy atom. The molecule has 1 atom stereocenters. The van der Waals surface area contributed by atoms with E-state index in [0.717, 1.165) is 25.2 Å². The lowest BCUT2D eigenvalue weighted by Crippen LogP contribution is -2.41. The van der Waals surface area contributed by atoms with Crippen molar-refractivity contribution in [2.24, 2.45) is 5.92 Å². The van der Waals surface area contributed by atoms with Gasteiger partial charge in [0.15, 0.2) is 0 Å². The fraction of sp³-hybridized carbons (Fsp3) is 1.00. The highest BCUT2D eigenvalue weighted by Crippen LogP contribution is 2.27. The molecule has 2 rings (SSSR count). The number of nitrogens with one attached hydrogen (secondary N) is 1. The van der Waals surface area contributed by atoms with Crippen molar-refractivity contribution in [2.75, 3.05) is 26.2 Å². The molecule has 0 aromatic rings. The van der Waals surface area contributed by atoms with Crippen molar-refractivity contribution in [1.29, 1.82) is 0 Å². The highest BCUT2D eigenvalue weighted by Gasteiger charge is 2.30. The zero-order chi connectivity index (χ0) is 11.4. The molecule has 0 spiro atoms. The predicted octanol–water partition coefficient (Wildman–Crippen LogP) is 1.22. The smallest absolute Gasteiger partial charge is 0.0471 e. The summed E-state index contributed by atoms with van der Waals surface area (Å²) in [5.74, 6) is 0.548. The fourth-order valence-corrected chi connectivity index (χ4v) is 3.28. The second-order valence-corrected chi connectivity index (χ2v) is 5.40. The van der Waals surface area contributed by atoms with Crippen molar-refractivity contribution in [3.63, 3.8) is 0 Å². The summed E-state index contributed by atoms with van der Waals surface area (Å²) in [6.07, 6.45) is 6.55. The molecule has 0 amide bonds. The first kappa shape index (κ1) is 12.3. The van der Waals surface area contributed by atoms with E-state index < -0.39 is 0 Å². The fourth-order valence-electron chi connectivity index (χ4n) is 3.28. The number of likely N-dealkylation sites (tertiary alicyclic amines) is 1. The zero-order valence-electron chi connectivity index (χ0n) is 10.5. The Kier molecular flexibility index (Phi) is 4.62. The molecule has 0 bridgehead atoms. The molecule has 2 fully saturated rings. The SMILES string of the molecule is CCNC1CCC(N2CCC(CO)C2)CC1. The molecule has 16 heavy (non-hydrogen) atoms. The van der Waals surface area contributed by atoms with E-state index in [1.54, 1.807) is 0 Å². The van der Waals surface area contributed by atoms with Crippen molar-refractivity contribution < 1.29 is 5.11 Å². The largest absolute Gasteiger partial charge is 0.396 e. The molecule has 2 aliphatic rings. The van der Waals surface area contributed by atoms with Crippen LogP contribution in [0, 0.1) is 5.92 Å². The lowest BCUT2D eigenvalue weighted by atomic mass is 9.90. The maximum Gasteiger partial charge on any atom is 0.0471 e. The predicted molar refractivity (Wildman–Crippen MR) is 66.5 cm³/mol. The Morgan fingerprint density at radius 2 is 1.94 bits per heavy atom. The van der Waals surface area contributed by atoms with Crippen LogP contribution in [0.3, 0.4) is 0 Å². The Morgan fingerprint density at radius 3 is 2.50 bits per heavy atom. The molecule has 1 heterocycles. The quantitative estimate of drug-likeness (QED) is 0.756. The van der Waals surface area contributed by atoms with Gasteiger partial charge in [-0.05, 0) is 51.1 Å². The summed E-state index contributed by atoms with van der Waals surface area (Å²) in [7, 11) is 0. The molecule has 2 N–H and O–H groups in total. The highest BCUT2D eigenvalue weighted by molar-refractivity contribution is 4.86. The lowest BCUT2D eigenvalue weighted by Gasteiger charge is -2.35. The average molecular weight is 226 g/mol. The van der Waals surface area contributed by atoms with Crippen LogP contribution >= 0.6 is 0 Å². The summed E-state index contributed by atoms with van der Waals surface area (Å²) in [6, 6.07) is 1.56. The van der Waals surface area contributed by atoms with Gasteiger partial charge in [0.2, 0.25) is 0 Å². The molecule has 1 aliphatic carbocycles. The Labute approximate surface area is 99.2 Å². The van der Waals surface area contributed by atoms with Crippen molar-refractivity contribution in [2.45, 2.75) is 51.1 Å². The number of rotatable bonds is 4. The standard InChI is InChI=1S/C13H26N2O/c1-2-14-12-3-5-13(6-4-12)15-8-7-11(9-15)10-16/h11-14,16H,2-10H2,1H3. The summed E-state index contributed by atoms with van der Waals surface area (Å²) in [4.78, 5) is 2.61. The van der Waals surface area contributed by atoms with Gasteiger partial charge >= 0.3 is 0 Å². The van der Waals surface area contributed by atoms with Crippen LogP contribution in [0.4, 0.5) is 0 Å². The van der Waals surface area contributed by atoms with E-state index in [0.29, 0.717) is 12.5 Å². The number of hydrogen-bond donors (Lipinski definition) is 2. The van der Waals surface area contributed by atoms with Gasteiger partial charge in [0.1, 0.15) is 0 Å². The minimum absolute atomic E-state index is 0.378. The van der Waals surface area contributed by atoms with Crippen molar-refractivity contribution in [1.82, 2.24) is 10.2 Å². The van der Waals surface area contributed by atoms with Gasteiger partial charge in [0.05, 0.1) is 0 Å². The van der Waals surface area contributed by atoms with Gasteiger partial charge < -0.3 is 15.3 Å². The minimum atomic E-state index is 0.378. The summed E-state index contributed by atoms with van der Waals surface area (Å²) < 4.78 is 0. The molecule has 3 heteroatoms. The topological polar surface area (TPSA) is 35.5 Å². The van der Waals surface area contributed by atoms with Gasteiger partial charge in [0, 0.05) is 25.2 Å². The van der Waals surface area contributed by atoms with E-state index in [-0.39, 0.29) is 0 Å². The van der Waals surface area contributed by atoms with Crippen LogP contribution in [-0.2, 0) is 0 Å². The van der Waals surface area contributed by atoms with E-state index >= 15 is 0 Å². The Balaban J connectivity index is 1.72. The van der Waals surface area contributed by atoms with E-state index in [1.807, 2.05) is 0 Å². The molecule has 1 aliphatic heterocycles. The van der Waals surface area contributed by atoms with Crippen LogP contribution in [0.5, 0.6) is 0 Å². The molecule has 94 valence electrons. The average Bonchev–Trinajstić information content (AvgIpc) is 2.79. The molecule has 3 nitrogen and oxygen atoms in total. The summed E-state index contributed by atoms with van der Waals surface area (Å²) >= 11 is 0. The van der Waals surface area contributed by atoms with Crippen LogP contribution in [0.25, 0.3) is 0 Å². The van der Waals surface area contributed by atoms with Crippen LogP contribution in [0.15, 0.2) is 0 Å². The van der Waals surface area contributed by atoms with Crippen LogP contribution < -0.4 is 5.32 Å². The van der Waals surface area contributed by atoms with E-state index in [2.05, 4.69) is 17.1 Å². The maximum atomic E-state index is 9.16. The number of nitrogens with zero attached hydrogens (tertiary/aromatic N) is 1. The first-order valence-electron chi connectivity index (χ1n) is 6.91. The molecule has 0 radical (unpaired) electrons. The molecule has 0 aromatic carbocycles. The third-order valence-electron chi connectivity index (χ3n) is 4.28. The monoisotopic (exact) mass is 226 g/mol. The van der Waals surface area contributed by atoms with Crippen LogP contribution in [0.2, 0.25) is 0 Å². The molecular weight excluding hydrogens is 200 g/mol. The summed E-state index contributed by atoms with van der Waals surface area (Å²) in [5.41, 5.74) is 0. The Hall–Kier alpha value is -0.120. The van der Waals surface area contributed by atoms with Crippen LogP contribution in [0.1, 0.15) is 39.0 Å². The number of aliphatic hydroxyl groups excluding tert-OH is 1. The molecule has 1 saturated carbocycles. The molecule has 1 saturated heterocycles. The second-order valence-electron chi connectivity index (χ2n) is 5.40. The van der Waals surface area contributed by atoms with Gasteiger partial charge in [-0.1, -0.05) is 6.92 Å². The van der Waals surface area contributed by atoms with Gasteiger partial charge in [0.25, 0.3) is 0 Å². The molecule has 0 aromatic heterocycles. The first-order chi connectivity index (χ1) is 7.83. The van der Waals surface area contributed by atoms with Crippen LogP contribution in [-0.4, -0.2) is 48.3 Å². The number of hydrogen-bond acceptors (Lipinski definition) is 3. The van der Waals surface area contributed by atoms with Gasteiger partial charge in [-0.25, -0.2) is 0 Å². The van der Waals surface area contributed by atoms with E-state index in [9.17, 15) is 0 Å². The highest BCUT2D eigenvalue weighted by atomic mass is 16.3. The normalized spacial score (nSPS) is 36.8. The van der Waals surface area contributed by atoms with Gasteiger partial charge in [-0.3, -0.25) is 0 Å². The summed E-state index contributed by atoms with van der Waals surface area (Å²) in [5, 5.41) is 12.7. The third kappa shape index (κ3) is 2.96. The zero-order valence-corrected chi connectivity index (χ0v) is 10.5. The van der Waals surface area contributed by atoms with Crippen molar-refractivity contribution in [3.8, 4) is 0 Å². The van der Waals surface area contributed by atoms with E-state index in [1.165, 1.54) is 38.6 Å². The second kappa shape index (κ2) is 5.99.